The first-order chi connectivity index (χ1) is 36.5. The molecule has 0 fully saturated rings. The van der Waals surface area contributed by atoms with E-state index in [1.54, 1.807) is 0 Å². The van der Waals surface area contributed by atoms with Crippen LogP contribution in [-0.2, 0) is 28.6 Å². The average molecular weight is 1030 g/mol. The molecule has 0 rings (SSSR count). The Morgan fingerprint density at radius 2 is 0.514 bits per heavy atom. The Hall–Kier alpha value is -3.15. The highest BCUT2D eigenvalue weighted by Crippen LogP contribution is 2.16. The third-order valence-electron chi connectivity index (χ3n) is 13.9. The summed E-state index contributed by atoms with van der Waals surface area (Å²) in [5, 5.41) is 0. The summed E-state index contributed by atoms with van der Waals surface area (Å²) >= 11 is 0. The minimum absolute atomic E-state index is 0.0808. The molecule has 0 saturated heterocycles. The molecule has 0 spiro atoms. The summed E-state index contributed by atoms with van der Waals surface area (Å²) in [4.78, 5) is 38.2. The monoisotopic (exact) mass is 1030 g/mol. The molecule has 0 amide bonds. The molecule has 0 aromatic carbocycles. The summed E-state index contributed by atoms with van der Waals surface area (Å²) in [6, 6.07) is 0. The Kier molecular flexibility index (Phi) is 59.7. The smallest absolute Gasteiger partial charge is 0.306 e. The number of ether oxygens (including phenoxy) is 3. The van der Waals surface area contributed by atoms with Crippen LogP contribution in [0.1, 0.15) is 323 Å². The number of allylic oxidation sites excluding steroid dienone is 12. The van der Waals surface area contributed by atoms with Crippen LogP contribution in [0.3, 0.4) is 0 Å². The zero-order valence-corrected chi connectivity index (χ0v) is 49.1. The highest BCUT2D eigenvalue weighted by atomic mass is 16.6. The van der Waals surface area contributed by atoms with Crippen LogP contribution >= 0.6 is 0 Å². The summed E-state index contributed by atoms with van der Waals surface area (Å²) in [6.07, 6.45) is 80.6. The van der Waals surface area contributed by atoms with Gasteiger partial charge in [-0.05, 0) is 109 Å². The molecule has 0 radical (unpaired) electrons. The number of hydrogen-bond acceptors (Lipinski definition) is 6. The summed E-state index contributed by atoms with van der Waals surface area (Å²) in [7, 11) is 0. The lowest BCUT2D eigenvalue weighted by Crippen LogP contribution is -2.30. The first-order valence-electron chi connectivity index (χ1n) is 31.9. The molecule has 0 N–H and O–H groups in total. The van der Waals surface area contributed by atoms with Gasteiger partial charge in [-0.15, -0.1) is 0 Å². The average Bonchev–Trinajstić information content (AvgIpc) is 3.40. The fraction of sp³-hybridized carbons (Fsp3) is 0.779. The number of esters is 3. The number of hydrogen-bond donors (Lipinski definition) is 0. The van der Waals surface area contributed by atoms with Crippen LogP contribution in [0.4, 0.5) is 0 Å². The van der Waals surface area contributed by atoms with Crippen LogP contribution in [0, 0.1) is 0 Å². The largest absolute Gasteiger partial charge is 0.462 e. The maximum atomic E-state index is 12.9. The molecule has 1 unspecified atom stereocenters. The van der Waals surface area contributed by atoms with E-state index in [0.717, 1.165) is 89.9 Å². The van der Waals surface area contributed by atoms with Crippen molar-refractivity contribution in [2.24, 2.45) is 0 Å². The van der Waals surface area contributed by atoms with E-state index in [2.05, 4.69) is 93.7 Å². The van der Waals surface area contributed by atoms with Gasteiger partial charge in [-0.2, -0.15) is 0 Å². The zero-order chi connectivity index (χ0) is 53.6. The molecule has 1 atom stereocenters. The minimum Gasteiger partial charge on any atom is -0.462 e. The quantitative estimate of drug-likeness (QED) is 0.0261. The van der Waals surface area contributed by atoms with Gasteiger partial charge < -0.3 is 14.2 Å². The molecule has 74 heavy (non-hydrogen) atoms. The maximum absolute atomic E-state index is 12.9. The molecule has 6 heteroatoms. The van der Waals surface area contributed by atoms with Gasteiger partial charge in [0, 0.05) is 19.3 Å². The van der Waals surface area contributed by atoms with E-state index in [9.17, 15) is 14.4 Å². The van der Waals surface area contributed by atoms with Gasteiger partial charge in [0.05, 0.1) is 0 Å². The Morgan fingerprint density at radius 3 is 0.824 bits per heavy atom. The molecule has 0 aliphatic heterocycles. The third kappa shape index (κ3) is 59.7. The molecule has 428 valence electrons. The lowest BCUT2D eigenvalue weighted by molar-refractivity contribution is -0.167. The fourth-order valence-electron chi connectivity index (χ4n) is 9.07. The summed E-state index contributed by atoms with van der Waals surface area (Å²) < 4.78 is 16.9. The number of unbranched alkanes of at least 4 members (excludes halogenated alkanes) is 35. The van der Waals surface area contributed by atoms with Gasteiger partial charge in [0.1, 0.15) is 13.2 Å². The lowest BCUT2D eigenvalue weighted by atomic mass is 10.0. The minimum atomic E-state index is -0.783. The molecular weight excluding hydrogens is 913 g/mol. The van der Waals surface area contributed by atoms with Gasteiger partial charge in [-0.25, -0.2) is 0 Å². The van der Waals surface area contributed by atoms with E-state index < -0.39 is 6.10 Å². The van der Waals surface area contributed by atoms with Crippen LogP contribution in [0.25, 0.3) is 0 Å². The predicted molar refractivity (Wildman–Crippen MR) is 321 cm³/mol. The molecular formula is C68H120O6. The number of carbonyl (C=O) groups is 3. The van der Waals surface area contributed by atoms with Crippen molar-refractivity contribution in [2.45, 2.75) is 329 Å². The molecule has 0 aliphatic rings. The van der Waals surface area contributed by atoms with E-state index in [1.165, 1.54) is 193 Å². The van der Waals surface area contributed by atoms with Crippen molar-refractivity contribution in [1.29, 1.82) is 0 Å². The summed E-state index contributed by atoms with van der Waals surface area (Å²) in [5.41, 5.74) is 0. The van der Waals surface area contributed by atoms with Crippen molar-refractivity contribution in [1.82, 2.24) is 0 Å². The van der Waals surface area contributed by atoms with Crippen LogP contribution in [0.2, 0.25) is 0 Å². The van der Waals surface area contributed by atoms with Crippen LogP contribution in [0.5, 0.6) is 0 Å². The fourth-order valence-corrected chi connectivity index (χ4v) is 9.07. The first-order valence-corrected chi connectivity index (χ1v) is 31.9. The first kappa shape index (κ1) is 70.8. The molecule has 0 heterocycles. The Labute approximate surface area is 459 Å². The Morgan fingerprint density at radius 1 is 0.270 bits per heavy atom. The molecule has 0 aromatic heterocycles. The van der Waals surface area contributed by atoms with Gasteiger partial charge in [0.2, 0.25) is 0 Å². The topological polar surface area (TPSA) is 78.9 Å². The second-order valence-electron chi connectivity index (χ2n) is 21.3. The van der Waals surface area contributed by atoms with Crippen molar-refractivity contribution in [3.63, 3.8) is 0 Å². The Bertz CT molecular complexity index is 1370. The van der Waals surface area contributed by atoms with Gasteiger partial charge in [0.25, 0.3) is 0 Å². The summed E-state index contributed by atoms with van der Waals surface area (Å²) in [5.74, 6) is -0.888. The zero-order valence-electron chi connectivity index (χ0n) is 49.1. The predicted octanol–water partition coefficient (Wildman–Crippen LogP) is 21.7. The van der Waals surface area contributed by atoms with Crippen molar-refractivity contribution in [3.05, 3.63) is 72.9 Å². The standard InChI is InChI=1S/C68H120O6/c1-4-7-10-13-16-19-22-24-26-28-30-32-33-34-35-37-38-40-42-44-46-49-52-55-58-61-67(70)73-64-65(63-72-66(69)60-57-54-51-48-21-18-15-12-9-6-3)74-68(71)62-59-56-53-50-47-45-43-41-39-36-31-29-27-25-23-20-17-14-11-8-5-2/h12,15,22-25,28-31,33-34,65H,4-11,13-14,16-21,26-27,32,35-64H2,1-3H3/b15-12-,24-22-,25-23-,30-28-,31-29-,34-33-. The van der Waals surface area contributed by atoms with E-state index in [-0.39, 0.29) is 31.1 Å². The number of rotatable bonds is 58. The lowest BCUT2D eigenvalue weighted by Gasteiger charge is -2.18. The second kappa shape index (κ2) is 62.4. The SMILES string of the molecule is CCC/C=C\CCCCCCCC(=O)OCC(COC(=O)CCCCCCCCCCCC/C=C\C/C=C\C/C=C\CCCCCCC)OC(=O)CCCCCCCCCCC/C=C\C/C=C\CCCCCCC. The second-order valence-corrected chi connectivity index (χ2v) is 21.3. The third-order valence-corrected chi connectivity index (χ3v) is 13.9. The highest BCUT2D eigenvalue weighted by Gasteiger charge is 2.19. The van der Waals surface area contributed by atoms with Gasteiger partial charge >= 0.3 is 17.9 Å². The van der Waals surface area contributed by atoms with Crippen molar-refractivity contribution in [3.8, 4) is 0 Å². The number of carbonyl (C=O) groups excluding carboxylic acids is 3. The molecule has 0 aromatic rings. The van der Waals surface area contributed by atoms with Crippen LogP contribution < -0.4 is 0 Å². The molecule has 0 saturated carbocycles. The van der Waals surface area contributed by atoms with Gasteiger partial charge in [-0.3, -0.25) is 14.4 Å². The van der Waals surface area contributed by atoms with Crippen LogP contribution in [-0.4, -0.2) is 37.2 Å². The van der Waals surface area contributed by atoms with Crippen molar-refractivity contribution in [2.75, 3.05) is 13.2 Å². The van der Waals surface area contributed by atoms with E-state index in [1.807, 2.05) is 0 Å². The van der Waals surface area contributed by atoms with Crippen LogP contribution in [0.15, 0.2) is 72.9 Å². The molecule has 0 aliphatic carbocycles. The molecule has 6 nitrogen and oxygen atoms in total. The van der Waals surface area contributed by atoms with E-state index in [4.69, 9.17) is 14.2 Å². The van der Waals surface area contributed by atoms with E-state index in [0.29, 0.717) is 19.3 Å². The Balaban J connectivity index is 4.25. The molecule has 0 bridgehead atoms. The van der Waals surface area contributed by atoms with E-state index >= 15 is 0 Å². The normalized spacial score (nSPS) is 12.5. The highest BCUT2D eigenvalue weighted by molar-refractivity contribution is 5.71. The van der Waals surface area contributed by atoms with Gasteiger partial charge in [-0.1, -0.05) is 267 Å². The van der Waals surface area contributed by atoms with Crippen molar-refractivity contribution < 1.29 is 28.6 Å². The maximum Gasteiger partial charge on any atom is 0.306 e. The van der Waals surface area contributed by atoms with Crippen molar-refractivity contribution >= 4 is 17.9 Å². The van der Waals surface area contributed by atoms with Gasteiger partial charge in [0.15, 0.2) is 6.10 Å². The summed E-state index contributed by atoms with van der Waals surface area (Å²) in [6.45, 7) is 6.57.